The molecule has 0 bridgehead atoms. The lowest BCUT2D eigenvalue weighted by Gasteiger charge is -2.03. The Bertz CT molecular complexity index is 298. The van der Waals surface area contributed by atoms with Crippen molar-refractivity contribution < 1.29 is 15.0 Å². The van der Waals surface area contributed by atoms with Gasteiger partial charge in [-0.25, -0.2) is 0 Å². The molecule has 0 aliphatic rings. The Hall–Kier alpha value is -1.06. The largest absolute Gasteiger partial charge is 0.506 e. The van der Waals surface area contributed by atoms with Gasteiger partial charge >= 0.3 is 0 Å². The van der Waals surface area contributed by atoms with Crippen LogP contribution in [-0.4, -0.2) is 16.5 Å². The van der Waals surface area contributed by atoms with Crippen molar-refractivity contribution >= 4 is 17.9 Å². The SMILES string of the molecule is O=[C]C(O)c1ccc(O)c(Cl)c1. The van der Waals surface area contributed by atoms with Crippen molar-refractivity contribution in [2.75, 3.05) is 0 Å². The second-order valence-electron chi connectivity index (χ2n) is 2.23. The monoisotopic (exact) mass is 185 g/mol. The molecule has 4 heteroatoms. The zero-order chi connectivity index (χ0) is 9.14. The van der Waals surface area contributed by atoms with Crippen molar-refractivity contribution in [3.63, 3.8) is 0 Å². The number of phenols is 1. The lowest BCUT2D eigenvalue weighted by Crippen LogP contribution is -1.97. The number of aliphatic hydroxyl groups is 1. The van der Waals surface area contributed by atoms with E-state index in [1.54, 1.807) is 0 Å². The van der Waals surface area contributed by atoms with Gasteiger partial charge in [0.05, 0.1) is 5.02 Å². The van der Waals surface area contributed by atoms with E-state index in [1.807, 2.05) is 0 Å². The van der Waals surface area contributed by atoms with E-state index in [0.29, 0.717) is 5.56 Å². The van der Waals surface area contributed by atoms with Crippen molar-refractivity contribution in [2.24, 2.45) is 0 Å². The number of aliphatic hydroxyl groups excluding tert-OH is 1. The molecule has 1 atom stereocenters. The fraction of sp³-hybridized carbons (Fsp3) is 0.125. The lowest BCUT2D eigenvalue weighted by atomic mass is 10.1. The van der Waals surface area contributed by atoms with E-state index in [2.05, 4.69) is 0 Å². The highest BCUT2D eigenvalue weighted by molar-refractivity contribution is 6.32. The molecule has 0 aliphatic heterocycles. The van der Waals surface area contributed by atoms with Crippen LogP contribution in [0, 0.1) is 0 Å². The summed E-state index contributed by atoms with van der Waals surface area (Å²) in [6.45, 7) is 0. The molecule has 1 rings (SSSR count). The molecule has 63 valence electrons. The molecule has 0 aromatic heterocycles. The zero-order valence-electron chi connectivity index (χ0n) is 5.99. The fourth-order valence-electron chi connectivity index (χ4n) is 0.761. The third-order valence-electron chi connectivity index (χ3n) is 1.40. The highest BCUT2D eigenvalue weighted by Gasteiger charge is 2.08. The first-order valence-electron chi connectivity index (χ1n) is 3.19. The first-order valence-corrected chi connectivity index (χ1v) is 3.57. The Labute approximate surface area is 74.2 Å². The molecule has 12 heavy (non-hydrogen) atoms. The molecule has 0 aliphatic carbocycles. The Kier molecular flexibility index (Phi) is 2.68. The van der Waals surface area contributed by atoms with Gasteiger partial charge in [0, 0.05) is 0 Å². The molecule has 1 aromatic carbocycles. The van der Waals surface area contributed by atoms with Crippen LogP contribution in [0.3, 0.4) is 0 Å². The van der Waals surface area contributed by atoms with Crippen LogP contribution in [0.1, 0.15) is 11.7 Å². The van der Waals surface area contributed by atoms with Gasteiger partial charge in [0.25, 0.3) is 0 Å². The van der Waals surface area contributed by atoms with E-state index in [4.69, 9.17) is 21.8 Å². The molecule has 1 unspecified atom stereocenters. The third kappa shape index (κ3) is 1.75. The summed E-state index contributed by atoms with van der Waals surface area (Å²) in [6.07, 6.45) is 0.0905. The number of hydrogen-bond acceptors (Lipinski definition) is 3. The molecule has 2 N–H and O–H groups in total. The third-order valence-corrected chi connectivity index (χ3v) is 1.70. The summed E-state index contributed by atoms with van der Waals surface area (Å²) in [5.74, 6) is -0.0847. The second kappa shape index (κ2) is 3.56. The summed E-state index contributed by atoms with van der Waals surface area (Å²) >= 11 is 5.52. The van der Waals surface area contributed by atoms with Crippen molar-refractivity contribution in [3.8, 4) is 5.75 Å². The van der Waals surface area contributed by atoms with Gasteiger partial charge in [0.2, 0.25) is 6.29 Å². The Morgan fingerprint density at radius 2 is 2.17 bits per heavy atom. The first-order chi connectivity index (χ1) is 5.65. The molecule has 0 heterocycles. The Balaban J connectivity index is 3.04. The number of rotatable bonds is 2. The van der Waals surface area contributed by atoms with Crippen LogP contribution in [0.2, 0.25) is 5.02 Å². The van der Waals surface area contributed by atoms with Gasteiger partial charge < -0.3 is 10.2 Å². The van der Waals surface area contributed by atoms with Crippen LogP contribution in [-0.2, 0) is 4.79 Å². The second-order valence-corrected chi connectivity index (χ2v) is 2.64. The minimum atomic E-state index is -1.30. The van der Waals surface area contributed by atoms with Crippen LogP contribution in [0.15, 0.2) is 18.2 Å². The molecule has 0 fully saturated rings. The maximum atomic E-state index is 10.0. The van der Waals surface area contributed by atoms with E-state index >= 15 is 0 Å². The fourth-order valence-corrected chi connectivity index (χ4v) is 0.950. The first kappa shape index (κ1) is 9.03. The van der Waals surface area contributed by atoms with E-state index in [9.17, 15) is 4.79 Å². The van der Waals surface area contributed by atoms with Crippen LogP contribution in [0.25, 0.3) is 0 Å². The van der Waals surface area contributed by atoms with Gasteiger partial charge in [-0.15, -0.1) is 0 Å². The zero-order valence-corrected chi connectivity index (χ0v) is 6.75. The van der Waals surface area contributed by atoms with E-state index in [1.165, 1.54) is 24.5 Å². The minimum absolute atomic E-state index is 0.0847. The molecule has 0 spiro atoms. The topological polar surface area (TPSA) is 57.5 Å². The highest BCUT2D eigenvalue weighted by atomic mass is 35.5. The standard InChI is InChI=1S/C8H6ClO3/c9-6-3-5(8(12)4-10)1-2-7(6)11/h1-3,8,11-12H. The lowest BCUT2D eigenvalue weighted by molar-refractivity contribution is 0.240. The summed E-state index contributed by atoms with van der Waals surface area (Å²) in [5.41, 5.74) is 0.313. The van der Waals surface area contributed by atoms with Gasteiger partial charge in [0.15, 0.2) is 0 Å². The maximum Gasteiger partial charge on any atom is 0.234 e. The van der Waals surface area contributed by atoms with Gasteiger partial charge in [-0.1, -0.05) is 17.7 Å². The maximum absolute atomic E-state index is 10.0. The van der Waals surface area contributed by atoms with Gasteiger partial charge in [-0.05, 0) is 17.7 Å². The Morgan fingerprint density at radius 3 is 2.67 bits per heavy atom. The van der Waals surface area contributed by atoms with Gasteiger partial charge in [-0.3, -0.25) is 4.79 Å². The molecular formula is C8H6ClO3. The quantitative estimate of drug-likeness (QED) is 0.728. The van der Waals surface area contributed by atoms with Crippen molar-refractivity contribution in [3.05, 3.63) is 28.8 Å². The summed E-state index contributed by atoms with van der Waals surface area (Å²) in [6, 6.07) is 4.02. The molecule has 0 amide bonds. The van der Waals surface area contributed by atoms with Crippen molar-refractivity contribution in [2.45, 2.75) is 6.10 Å². The van der Waals surface area contributed by atoms with Crippen LogP contribution in [0.5, 0.6) is 5.75 Å². The normalized spacial score (nSPS) is 12.5. The molecule has 0 saturated heterocycles. The van der Waals surface area contributed by atoms with Crippen LogP contribution in [0.4, 0.5) is 0 Å². The molecular weight excluding hydrogens is 180 g/mol. The summed E-state index contributed by atoms with van der Waals surface area (Å²) in [7, 11) is 0. The molecule has 1 aromatic rings. The number of carbonyl (C=O) groups excluding carboxylic acids is 1. The number of hydrogen-bond donors (Lipinski definition) is 2. The predicted molar refractivity (Wildman–Crippen MR) is 43.8 cm³/mol. The molecule has 3 nitrogen and oxygen atoms in total. The highest BCUT2D eigenvalue weighted by Crippen LogP contribution is 2.25. The van der Waals surface area contributed by atoms with E-state index in [0.717, 1.165) is 0 Å². The van der Waals surface area contributed by atoms with Gasteiger partial charge in [0.1, 0.15) is 11.9 Å². The average Bonchev–Trinajstić information content (AvgIpc) is 2.08. The smallest absolute Gasteiger partial charge is 0.234 e. The van der Waals surface area contributed by atoms with Crippen molar-refractivity contribution in [1.82, 2.24) is 0 Å². The van der Waals surface area contributed by atoms with E-state index in [-0.39, 0.29) is 10.8 Å². The number of aromatic hydroxyl groups is 1. The van der Waals surface area contributed by atoms with E-state index < -0.39 is 6.10 Å². The number of halogens is 1. The van der Waals surface area contributed by atoms with Gasteiger partial charge in [-0.2, -0.15) is 0 Å². The van der Waals surface area contributed by atoms with Crippen LogP contribution < -0.4 is 0 Å². The summed E-state index contributed by atoms with van der Waals surface area (Å²) < 4.78 is 0. The van der Waals surface area contributed by atoms with Crippen LogP contribution >= 0.6 is 11.6 Å². The molecule has 0 saturated carbocycles. The predicted octanol–water partition coefficient (Wildman–Crippen LogP) is 1.19. The summed E-state index contributed by atoms with van der Waals surface area (Å²) in [5, 5.41) is 18.1. The number of benzene rings is 1. The summed E-state index contributed by atoms with van der Waals surface area (Å²) in [4.78, 5) is 10.0. The average molecular weight is 186 g/mol. The Morgan fingerprint density at radius 1 is 1.50 bits per heavy atom. The minimum Gasteiger partial charge on any atom is -0.506 e. The van der Waals surface area contributed by atoms with Crippen molar-refractivity contribution in [1.29, 1.82) is 0 Å². The number of phenolic OH excluding ortho intramolecular Hbond substituents is 1. The molecule has 1 radical (unpaired) electrons.